The molecule has 4 aromatic rings. The first-order chi connectivity index (χ1) is 18.5. The summed E-state index contributed by atoms with van der Waals surface area (Å²) in [5.41, 5.74) is 5.23. The van der Waals surface area contributed by atoms with Crippen LogP contribution in [0.4, 0.5) is 17.1 Å². The molecule has 2 heterocycles. The highest BCUT2D eigenvalue weighted by molar-refractivity contribution is 6.02. The lowest BCUT2D eigenvalue weighted by Gasteiger charge is -2.31. The van der Waals surface area contributed by atoms with Crippen LogP contribution in [0.2, 0.25) is 0 Å². The van der Waals surface area contributed by atoms with Crippen LogP contribution in [-0.2, 0) is 4.79 Å². The van der Waals surface area contributed by atoms with Crippen LogP contribution in [0, 0.1) is 5.92 Å². The van der Waals surface area contributed by atoms with Gasteiger partial charge >= 0.3 is 0 Å². The minimum atomic E-state index is -0.190. The normalized spacial score (nSPS) is 16.0. The van der Waals surface area contributed by atoms with Gasteiger partial charge in [-0.05, 0) is 92.4 Å². The number of hydrogen-bond donors (Lipinski definition) is 3. The first-order valence-electron chi connectivity index (χ1n) is 13.2. The van der Waals surface area contributed by atoms with Gasteiger partial charge < -0.3 is 20.6 Å². The van der Waals surface area contributed by atoms with E-state index in [2.05, 4.69) is 32.8 Å². The van der Waals surface area contributed by atoms with Crippen LogP contribution >= 0.6 is 0 Å². The van der Waals surface area contributed by atoms with E-state index in [1.165, 1.54) is 0 Å². The fraction of sp³-hybridized carbons (Fsp3) is 0.300. The number of Topliss-reactive ketones (excluding diaryl/α,β-unsaturated/α-hetero) is 1. The molecule has 0 atom stereocenters. The van der Waals surface area contributed by atoms with E-state index in [4.69, 9.17) is 0 Å². The minimum Gasteiger partial charge on any atom is -0.393 e. The maximum Gasteiger partial charge on any atom is 0.227 e. The van der Waals surface area contributed by atoms with Crippen molar-refractivity contribution in [1.29, 1.82) is 0 Å². The lowest BCUT2D eigenvalue weighted by atomic mass is 10.1. The molecule has 0 radical (unpaired) electrons. The number of carbonyl (C=O) groups is 2. The Morgan fingerprint density at radius 3 is 2.26 bits per heavy atom. The van der Waals surface area contributed by atoms with Crippen LogP contribution in [-0.4, -0.2) is 52.3 Å². The van der Waals surface area contributed by atoms with Crippen molar-refractivity contribution < 1.29 is 14.7 Å². The third-order valence-corrected chi connectivity index (χ3v) is 7.37. The fourth-order valence-electron chi connectivity index (χ4n) is 4.89. The summed E-state index contributed by atoms with van der Waals surface area (Å²) in [4.78, 5) is 27.2. The van der Waals surface area contributed by atoms with Gasteiger partial charge in [0, 0.05) is 47.0 Å². The van der Waals surface area contributed by atoms with Crippen molar-refractivity contribution in [2.75, 3.05) is 35.2 Å². The van der Waals surface area contributed by atoms with Crippen LogP contribution < -0.4 is 15.5 Å². The Labute approximate surface area is 221 Å². The molecule has 1 aliphatic carbocycles. The summed E-state index contributed by atoms with van der Waals surface area (Å²) in [5, 5.41) is 21.3. The van der Waals surface area contributed by atoms with E-state index in [-0.39, 0.29) is 30.3 Å². The van der Waals surface area contributed by atoms with Crippen LogP contribution in [0.3, 0.4) is 0 Å². The number of aliphatic hydroxyl groups excluding tert-OH is 1. The summed E-state index contributed by atoms with van der Waals surface area (Å²) in [6.45, 7) is 1.91. The zero-order valence-corrected chi connectivity index (χ0v) is 21.1. The van der Waals surface area contributed by atoms with Crippen LogP contribution in [0.5, 0.6) is 0 Å². The first kappa shape index (κ1) is 24.2. The number of nitrogens with zero attached hydrogens (tertiary/aromatic N) is 3. The number of nitrogens with one attached hydrogen (secondary N) is 2. The summed E-state index contributed by atoms with van der Waals surface area (Å²) in [7, 11) is 0. The Morgan fingerprint density at radius 2 is 1.55 bits per heavy atom. The van der Waals surface area contributed by atoms with E-state index in [0.717, 1.165) is 72.4 Å². The lowest BCUT2D eigenvalue weighted by molar-refractivity contribution is -0.117. The molecule has 1 aromatic heterocycles. The van der Waals surface area contributed by atoms with Crippen LogP contribution in [0.25, 0.3) is 16.6 Å². The second kappa shape index (κ2) is 10.3. The molecule has 0 unspecified atom stereocenters. The number of anilines is 3. The highest BCUT2D eigenvalue weighted by atomic mass is 16.3. The molecule has 0 spiro atoms. The summed E-state index contributed by atoms with van der Waals surface area (Å²) >= 11 is 0. The topological polar surface area (TPSA) is 99.5 Å². The highest BCUT2D eigenvalue weighted by Gasteiger charge is 2.29. The Hall–Kier alpha value is -4.17. The summed E-state index contributed by atoms with van der Waals surface area (Å²) < 4.78 is 1.83. The van der Waals surface area contributed by atoms with Gasteiger partial charge in [0.05, 0.1) is 30.0 Å². The molecule has 38 heavy (non-hydrogen) atoms. The van der Waals surface area contributed by atoms with Crippen molar-refractivity contribution in [3.8, 4) is 5.69 Å². The second-order valence-electron chi connectivity index (χ2n) is 10.2. The van der Waals surface area contributed by atoms with Crippen molar-refractivity contribution in [2.45, 2.75) is 31.8 Å². The molecule has 1 aliphatic heterocycles. The number of amides is 1. The summed E-state index contributed by atoms with van der Waals surface area (Å²) in [5.74, 6) is 0.257. The second-order valence-corrected chi connectivity index (χ2v) is 10.2. The highest BCUT2D eigenvalue weighted by Crippen LogP contribution is 2.30. The number of fused-ring (bicyclic) bond motifs is 1. The minimum absolute atomic E-state index is 0.00417. The van der Waals surface area contributed by atoms with Crippen LogP contribution in [0.1, 0.15) is 36.0 Å². The summed E-state index contributed by atoms with van der Waals surface area (Å²) in [6, 6.07) is 21.3. The molecule has 8 nitrogen and oxygen atoms in total. The maximum atomic E-state index is 12.9. The number of aliphatic hydroxyl groups is 1. The number of piperidine rings is 1. The van der Waals surface area contributed by atoms with Gasteiger partial charge in [-0.3, -0.25) is 9.59 Å². The third kappa shape index (κ3) is 5.26. The molecular weight excluding hydrogens is 478 g/mol. The molecule has 1 saturated carbocycles. The molecule has 0 bridgehead atoms. The van der Waals surface area contributed by atoms with Gasteiger partial charge in [-0.15, -0.1) is 0 Å². The SMILES string of the molecule is O=C(CNc1ccc(N2CCC(O)CC2)cc1)c1ccc2c(cnn2-c2ccc(NC(=O)C3CC3)cc2)c1. The van der Waals surface area contributed by atoms with E-state index in [9.17, 15) is 14.7 Å². The number of rotatable bonds is 8. The van der Waals surface area contributed by atoms with E-state index >= 15 is 0 Å². The molecule has 3 aromatic carbocycles. The largest absolute Gasteiger partial charge is 0.393 e. The van der Waals surface area contributed by atoms with Crippen molar-refractivity contribution in [1.82, 2.24) is 9.78 Å². The van der Waals surface area contributed by atoms with Crippen LogP contribution in [0.15, 0.2) is 72.9 Å². The monoisotopic (exact) mass is 509 g/mol. The Balaban J connectivity index is 1.08. The zero-order chi connectivity index (χ0) is 26.1. The Bertz CT molecular complexity index is 1450. The Kier molecular flexibility index (Phi) is 6.55. The molecule has 2 fully saturated rings. The standard InChI is InChI=1S/C30H31N5O3/c36-27-13-15-34(16-14-27)25-8-4-23(5-9-25)31-19-29(37)21-3-12-28-22(17-21)18-32-35(28)26-10-6-24(7-11-26)33-30(38)20-1-2-20/h3-12,17-18,20,27,31,36H,1-2,13-16,19H2,(H,33,38). The van der Waals surface area contributed by atoms with Gasteiger partial charge in [0.1, 0.15) is 0 Å². The third-order valence-electron chi connectivity index (χ3n) is 7.37. The number of hydrogen-bond acceptors (Lipinski definition) is 6. The predicted octanol–water partition coefficient (Wildman–Crippen LogP) is 4.63. The van der Waals surface area contributed by atoms with Crippen molar-refractivity contribution >= 4 is 39.7 Å². The molecule has 1 amide bonds. The quantitative estimate of drug-likeness (QED) is 0.300. The van der Waals surface area contributed by atoms with Gasteiger partial charge in [-0.1, -0.05) is 0 Å². The molecule has 194 valence electrons. The number of benzene rings is 3. The van der Waals surface area contributed by atoms with Gasteiger partial charge in [-0.25, -0.2) is 4.68 Å². The van der Waals surface area contributed by atoms with Gasteiger partial charge in [0.2, 0.25) is 5.91 Å². The molecular formula is C30H31N5O3. The number of aromatic nitrogens is 2. The molecule has 1 saturated heterocycles. The molecule has 8 heteroatoms. The van der Waals surface area contributed by atoms with E-state index < -0.39 is 0 Å². The van der Waals surface area contributed by atoms with Gasteiger partial charge in [-0.2, -0.15) is 5.10 Å². The van der Waals surface area contributed by atoms with Gasteiger partial charge in [0.15, 0.2) is 5.78 Å². The van der Waals surface area contributed by atoms with Crippen molar-refractivity contribution in [3.63, 3.8) is 0 Å². The Morgan fingerprint density at radius 1 is 0.868 bits per heavy atom. The average Bonchev–Trinajstić information content (AvgIpc) is 3.72. The molecule has 6 rings (SSSR count). The average molecular weight is 510 g/mol. The smallest absolute Gasteiger partial charge is 0.227 e. The van der Waals surface area contributed by atoms with E-state index in [1.807, 2.05) is 59.3 Å². The van der Waals surface area contributed by atoms with E-state index in [0.29, 0.717) is 5.56 Å². The number of carbonyl (C=O) groups excluding carboxylic acids is 2. The fourth-order valence-corrected chi connectivity index (χ4v) is 4.89. The zero-order valence-electron chi connectivity index (χ0n) is 21.1. The lowest BCUT2D eigenvalue weighted by Crippen LogP contribution is -2.35. The number of ketones is 1. The first-order valence-corrected chi connectivity index (χ1v) is 13.2. The predicted molar refractivity (Wildman–Crippen MR) is 149 cm³/mol. The van der Waals surface area contributed by atoms with E-state index in [1.54, 1.807) is 6.20 Å². The molecule has 3 N–H and O–H groups in total. The van der Waals surface area contributed by atoms with Gasteiger partial charge in [0.25, 0.3) is 0 Å². The van der Waals surface area contributed by atoms with Crippen molar-refractivity contribution in [3.05, 3.63) is 78.5 Å². The summed E-state index contributed by atoms with van der Waals surface area (Å²) in [6.07, 6.45) is 5.12. The maximum absolute atomic E-state index is 12.9. The molecule has 2 aliphatic rings. The van der Waals surface area contributed by atoms with Crippen molar-refractivity contribution in [2.24, 2.45) is 5.92 Å².